The van der Waals surface area contributed by atoms with Gasteiger partial charge in [0, 0.05) is 24.1 Å². The molecule has 0 saturated carbocycles. The minimum Gasteiger partial charge on any atom is -0.331 e. The summed E-state index contributed by atoms with van der Waals surface area (Å²) in [6.07, 6.45) is 0.337. The molecule has 2 N–H and O–H groups in total. The predicted molar refractivity (Wildman–Crippen MR) is 93.6 cm³/mol. The Morgan fingerprint density at radius 3 is 2.29 bits per heavy atom. The monoisotopic (exact) mass is 339 g/mol. The van der Waals surface area contributed by atoms with Gasteiger partial charge >= 0.3 is 0 Å². The van der Waals surface area contributed by atoms with Crippen molar-refractivity contribution in [1.29, 1.82) is 0 Å². The highest BCUT2D eigenvalue weighted by molar-refractivity contribution is 7.71. The van der Waals surface area contributed by atoms with Crippen LogP contribution in [0.1, 0.15) is 11.1 Å². The van der Waals surface area contributed by atoms with E-state index >= 15 is 0 Å². The van der Waals surface area contributed by atoms with Crippen LogP contribution in [-0.4, -0.2) is 14.9 Å². The maximum Gasteiger partial charge on any atom is 0.269 e. The standard InChI is InChI=1S/C17H13N3O3S/c21-16-14(10-11-6-8-13(9-7-11)20(22)23)15(18-17(24)19-16)12-4-2-1-3-5-12/h1-9H,10H2,(H2,18,19,21,24). The van der Waals surface area contributed by atoms with Crippen molar-refractivity contribution >= 4 is 17.9 Å². The summed E-state index contributed by atoms with van der Waals surface area (Å²) in [5.74, 6) is 0. The molecule has 0 bridgehead atoms. The van der Waals surface area contributed by atoms with Crippen LogP contribution in [0.2, 0.25) is 0 Å². The van der Waals surface area contributed by atoms with Crippen molar-refractivity contribution in [2.24, 2.45) is 0 Å². The summed E-state index contributed by atoms with van der Waals surface area (Å²) < 4.78 is 0.256. The number of rotatable bonds is 4. The summed E-state index contributed by atoms with van der Waals surface area (Å²) >= 11 is 5.07. The van der Waals surface area contributed by atoms with E-state index in [0.29, 0.717) is 17.7 Å². The van der Waals surface area contributed by atoms with E-state index in [2.05, 4.69) is 9.97 Å². The minimum atomic E-state index is -0.453. The van der Waals surface area contributed by atoms with Gasteiger partial charge in [0.15, 0.2) is 4.77 Å². The van der Waals surface area contributed by atoms with Gasteiger partial charge in [0.25, 0.3) is 11.2 Å². The van der Waals surface area contributed by atoms with Crippen LogP contribution in [-0.2, 0) is 6.42 Å². The molecule has 1 heterocycles. The van der Waals surface area contributed by atoms with E-state index in [9.17, 15) is 14.9 Å². The summed E-state index contributed by atoms with van der Waals surface area (Å²) in [5.41, 5.74) is 2.59. The Labute approximate surface area is 142 Å². The van der Waals surface area contributed by atoms with E-state index in [4.69, 9.17) is 12.2 Å². The Morgan fingerprint density at radius 2 is 1.67 bits per heavy atom. The van der Waals surface area contributed by atoms with Crippen LogP contribution in [0, 0.1) is 14.9 Å². The molecule has 0 fully saturated rings. The van der Waals surface area contributed by atoms with Crippen molar-refractivity contribution in [2.45, 2.75) is 6.42 Å². The molecule has 0 unspecified atom stereocenters. The average Bonchev–Trinajstić information content (AvgIpc) is 2.58. The van der Waals surface area contributed by atoms with Gasteiger partial charge in [-0.05, 0) is 23.3 Å². The SMILES string of the molecule is O=c1[nH]c(=S)[nH]c(-c2ccccc2)c1Cc1ccc([N+](=O)[O-])cc1. The van der Waals surface area contributed by atoms with Gasteiger partial charge < -0.3 is 4.98 Å². The van der Waals surface area contributed by atoms with E-state index < -0.39 is 4.92 Å². The van der Waals surface area contributed by atoms with Crippen molar-refractivity contribution in [1.82, 2.24) is 9.97 Å². The lowest BCUT2D eigenvalue weighted by Gasteiger charge is -2.09. The van der Waals surface area contributed by atoms with Crippen LogP contribution in [0.4, 0.5) is 5.69 Å². The van der Waals surface area contributed by atoms with E-state index in [1.807, 2.05) is 30.3 Å². The summed E-state index contributed by atoms with van der Waals surface area (Å²) in [7, 11) is 0. The number of H-pyrrole nitrogens is 2. The summed E-state index contributed by atoms with van der Waals surface area (Å²) in [4.78, 5) is 28.3. The zero-order chi connectivity index (χ0) is 17.1. The lowest BCUT2D eigenvalue weighted by Crippen LogP contribution is -2.16. The van der Waals surface area contributed by atoms with Crippen LogP contribution >= 0.6 is 12.2 Å². The third-order valence-corrected chi connectivity index (χ3v) is 3.84. The van der Waals surface area contributed by atoms with Crippen LogP contribution in [0.15, 0.2) is 59.4 Å². The number of nitrogens with zero attached hydrogens (tertiary/aromatic N) is 1. The second-order valence-corrected chi connectivity index (χ2v) is 5.64. The molecular weight excluding hydrogens is 326 g/mol. The molecule has 0 saturated heterocycles. The summed E-state index contributed by atoms with van der Waals surface area (Å²) in [6.45, 7) is 0. The molecule has 0 spiro atoms. The molecule has 3 rings (SSSR count). The highest BCUT2D eigenvalue weighted by atomic mass is 32.1. The number of aromatic amines is 2. The van der Waals surface area contributed by atoms with Gasteiger partial charge in [-0.2, -0.15) is 0 Å². The first-order valence-electron chi connectivity index (χ1n) is 7.19. The van der Waals surface area contributed by atoms with Gasteiger partial charge in [-0.15, -0.1) is 0 Å². The topological polar surface area (TPSA) is 91.8 Å². The fourth-order valence-electron chi connectivity index (χ4n) is 2.47. The van der Waals surface area contributed by atoms with Crippen molar-refractivity contribution in [3.8, 4) is 11.3 Å². The lowest BCUT2D eigenvalue weighted by atomic mass is 10.0. The highest BCUT2D eigenvalue weighted by Crippen LogP contribution is 2.21. The van der Waals surface area contributed by atoms with Crippen molar-refractivity contribution in [2.75, 3.05) is 0 Å². The first-order valence-corrected chi connectivity index (χ1v) is 7.59. The molecular formula is C17H13N3O3S. The quantitative estimate of drug-likeness (QED) is 0.431. The van der Waals surface area contributed by atoms with Gasteiger partial charge in [0.05, 0.1) is 10.6 Å². The Morgan fingerprint density at radius 1 is 1.00 bits per heavy atom. The fourth-order valence-corrected chi connectivity index (χ4v) is 2.67. The molecule has 0 atom stereocenters. The summed E-state index contributed by atoms with van der Waals surface area (Å²) in [6, 6.07) is 15.6. The second kappa shape index (κ2) is 6.59. The van der Waals surface area contributed by atoms with Crippen molar-refractivity contribution < 1.29 is 4.92 Å². The normalized spacial score (nSPS) is 10.5. The molecule has 24 heavy (non-hydrogen) atoms. The molecule has 1 aromatic heterocycles. The Balaban J connectivity index is 2.06. The largest absolute Gasteiger partial charge is 0.331 e. The number of hydrogen-bond acceptors (Lipinski definition) is 4. The van der Waals surface area contributed by atoms with Gasteiger partial charge in [-0.25, -0.2) is 0 Å². The Hall–Kier alpha value is -3.06. The minimum absolute atomic E-state index is 0.0170. The Kier molecular flexibility index (Phi) is 4.35. The summed E-state index contributed by atoms with van der Waals surface area (Å²) in [5, 5.41) is 10.7. The predicted octanol–water partition coefficient (Wildman–Crippen LogP) is 3.60. The first kappa shape index (κ1) is 15.8. The van der Waals surface area contributed by atoms with E-state index in [0.717, 1.165) is 11.1 Å². The lowest BCUT2D eigenvalue weighted by molar-refractivity contribution is -0.384. The number of non-ortho nitro benzene ring substituents is 1. The van der Waals surface area contributed by atoms with Crippen molar-refractivity contribution in [3.05, 3.63) is 91.0 Å². The second-order valence-electron chi connectivity index (χ2n) is 5.23. The fraction of sp³-hybridized carbons (Fsp3) is 0.0588. The van der Waals surface area contributed by atoms with E-state index in [1.54, 1.807) is 12.1 Å². The maximum atomic E-state index is 12.4. The van der Waals surface area contributed by atoms with Gasteiger partial charge in [-0.1, -0.05) is 42.5 Å². The smallest absolute Gasteiger partial charge is 0.269 e. The van der Waals surface area contributed by atoms with Crippen LogP contribution in [0.5, 0.6) is 0 Å². The number of nitrogens with one attached hydrogen (secondary N) is 2. The van der Waals surface area contributed by atoms with Crippen LogP contribution in [0.25, 0.3) is 11.3 Å². The third kappa shape index (κ3) is 3.31. The van der Waals surface area contributed by atoms with Crippen molar-refractivity contribution in [3.63, 3.8) is 0 Å². The highest BCUT2D eigenvalue weighted by Gasteiger charge is 2.12. The van der Waals surface area contributed by atoms with Gasteiger partial charge in [-0.3, -0.25) is 19.9 Å². The molecule has 0 aliphatic heterocycles. The third-order valence-electron chi connectivity index (χ3n) is 3.63. The van der Waals surface area contributed by atoms with E-state index in [1.165, 1.54) is 12.1 Å². The molecule has 0 radical (unpaired) electrons. The van der Waals surface area contributed by atoms with E-state index in [-0.39, 0.29) is 16.0 Å². The molecule has 2 aromatic carbocycles. The average molecular weight is 339 g/mol. The molecule has 6 nitrogen and oxygen atoms in total. The first-order chi connectivity index (χ1) is 11.5. The molecule has 3 aromatic rings. The van der Waals surface area contributed by atoms with Gasteiger partial charge in [0.1, 0.15) is 0 Å². The Bertz CT molecular complexity index is 992. The van der Waals surface area contributed by atoms with Gasteiger partial charge in [0.2, 0.25) is 0 Å². The van der Waals surface area contributed by atoms with Crippen LogP contribution in [0.3, 0.4) is 0 Å². The molecule has 0 aliphatic carbocycles. The number of nitro groups is 1. The number of aromatic nitrogens is 2. The number of nitro benzene ring substituents is 1. The molecule has 120 valence electrons. The maximum absolute atomic E-state index is 12.4. The number of hydrogen-bond donors (Lipinski definition) is 2. The zero-order valence-electron chi connectivity index (χ0n) is 12.5. The molecule has 0 amide bonds. The number of benzene rings is 2. The molecule has 0 aliphatic rings. The molecule has 7 heteroatoms. The zero-order valence-corrected chi connectivity index (χ0v) is 13.3. The van der Waals surface area contributed by atoms with Crippen LogP contribution < -0.4 is 5.56 Å².